The van der Waals surface area contributed by atoms with Gasteiger partial charge in [-0.05, 0) is 25.0 Å². The maximum absolute atomic E-state index is 12.4. The molecule has 7 heteroatoms. The zero-order valence-corrected chi connectivity index (χ0v) is 13.1. The van der Waals surface area contributed by atoms with Crippen molar-refractivity contribution >= 4 is 38.5 Å². The van der Waals surface area contributed by atoms with Crippen molar-refractivity contribution in [1.82, 2.24) is 9.88 Å². The van der Waals surface area contributed by atoms with Gasteiger partial charge in [-0.3, -0.25) is 9.59 Å². The number of rotatable bonds is 4. The van der Waals surface area contributed by atoms with Gasteiger partial charge in [-0.2, -0.15) is 0 Å². The molecule has 0 radical (unpaired) electrons. The lowest BCUT2D eigenvalue weighted by molar-refractivity contribution is -0.139. The van der Waals surface area contributed by atoms with Gasteiger partial charge in [0.15, 0.2) is 5.13 Å². The minimum Gasteiger partial charge on any atom is -0.375 e. The minimum atomic E-state index is -0.435. The van der Waals surface area contributed by atoms with E-state index in [9.17, 15) is 9.59 Å². The summed E-state index contributed by atoms with van der Waals surface area (Å²) in [5.41, 5.74) is 0.863. The van der Waals surface area contributed by atoms with Crippen molar-refractivity contribution in [2.45, 2.75) is 18.9 Å². The number of methoxy groups -OCH3 is 1. The van der Waals surface area contributed by atoms with Crippen LogP contribution in [0.1, 0.15) is 12.8 Å². The fourth-order valence-corrected chi connectivity index (χ4v) is 3.53. The molecule has 1 fully saturated rings. The van der Waals surface area contributed by atoms with Gasteiger partial charge in [0.05, 0.1) is 10.2 Å². The van der Waals surface area contributed by atoms with E-state index in [0.717, 1.165) is 16.6 Å². The molecule has 6 nitrogen and oxygen atoms in total. The van der Waals surface area contributed by atoms with Crippen LogP contribution >= 0.6 is 11.3 Å². The summed E-state index contributed by atoms with van der Waals surface area (Å²) >= 11 is 1.43. The van der Waals surface area contributed by atoms with E-state index in [1.165, 1.54) is 18.4 Å². The van der Waals surface area contributed by atoms with Crippen LogP contribution in [-0.2, 0) is 14.3 Å². The van der Waals surface area contributed by atoms with Crippen molar-refractivity contribution < 1.29 is 14.3 Å². The number of ether oxygens (including phenoxy) is 1. The van der Waals surface area contributed by atoms with E-state index in [-0.39, 0.29) is 18.4 Å². The molecule has 1 aromatic heterocycles. The molecular formula is C15H17N3O3S. The van der Waals surface area contributed by atoms with Crippen molar-refractivity contribution in [3.63, 3.8) is 0 Å². The molecule has 0 bridgehead atoms. The predicted molar refractivity (Wildman–Crippen MR) is 84.9 cm³/mol. The Bertz CT molecular complexity index is 667. The average Bonchev–Trinajstić information content (AvgIpc) is 3.13. The van der Waals surface area contributed by atoms with Gasteiger partial charge in [0.2, 0.25) is 11.8 Å². The van der Waals surface area contributed by atoms with Gasteiger partial charge < -0.3 is 15.0 Å². The van der Waals surface area contributed by atoms with Crippen LogP contribution in [0, 0.1) is 0 Å². The van der Waals surface area contributed by atoms with Crippen LogP contribution in [0.2, 0.25) is 0 Å². The van der Waals surface area contributed by atoms with Crippen molar-refractivity contribution in [1.29, 1.82) is 0 Å². The molecule has 1 unspecified atom stereocenters. The zero-order valence-electron chi connectivity index (χ0n) is 12.2. The van der Waals surface area contributed by atoms with Gasteiger partial charge in [0, 0.05) is 13.7 Å². The topological polar surface area (TPSA) is 71.5 Å². The first-order valence-corrected chi connectivity index (χ1v) is 7.95. The number of carbonyl (C=O) groups is 2. The van der Waals surface area contributed by atoms with Crippen molar-refractivity contribution in [3.8, 4) is 0 Å². The molecule has 1 aliphatic rings. The predicted octanol–water partition coefficient (Wildman–Crippen LogP) is 1.87. The molecule has 1 aromatic carbocycles. The summed E-state index contributed by atoms with van der Waals surface area (Å²) < 4.78 is 5.89. The second kappa shape index (κ2) is 6.41. The van der Waals surface area contributed by atoms with Gasteiger partial charge in [-0.15, -0.1) is 0 Å². The molecule has 1 atom stereocenters. The first-order chi connectivity index (χ1) is 10.7. The van der Waals surface area contributed by atoms with Crippen LogP contribution in [-0.4, -0.2) is 48.0 Å². The third-order valence-corrected chi connectivity index (χ3v) is 4.62. The van der Waals surface area contributed by atoms with Gasteiger partial charge >= 0.3 is 0 Å². The molecule has 116 valence electrons. The third kappa shape index (κ3) is 2.95. The minimum absolute atomic E-state index is 0.00488. The molecule has 1 N–H and O–H groups in total. The summed E-state index contributed by atoms with van der Waals surface area (Å²) in [7, 11) is 1.48. The van der Waals surface area contributed by atoms with Gasteiger partial charge in [-0.25, -0.2) is 4.98 Å². The Morgan fingerprint density at radius 2 is 2.27 bits per heavy atom. The lowest BCUT2D eigenvalue weighted by Crippen LogP contribution is -2.44. The fourth-order valence-electron chi connectivity index (χ4n) is 2.66. The molecular weight excluding hydrogens is 302 g/mol. The summed E-state index contributed by atoms with van der Waals surface area (Å²) in [6, 6.07) is 7.29. The summed E-state index contributed by atoms with van der Waals surface area (Å²) in [5.74, 6) is -0.328. The summed E-state index contributed by atoms with van der Waals surface area (Å²) in [6.07, 6.45) is 1.50. The number of aromatic nitrogens is 1. The lowest BCUT2D eigenvalue weighted by Gasteiger charge is -2.23. The maximum Gasteiger partial charge on any atom is 0.249 e. The lowest BCUT2D eigenvalue weighted by atomic mass is 10.2. The number of anilines is 1. The monoisotopic (exact) mass is 319 g/mol. The molecule has 2 heterocycles. The highest BCUT2D eigenvalue weighted by Gasteiger charge is 2.34. The number of nitrogens with zero attached hydrogens (tertiary/aromatic N) is 2. The van der Waals surface area contributed by atoms with Crippen molar-refractivity contribution in [2.75, 3.05) is 25.6 Å². The molecule has 0 spiro atoms. The van der Waals surface area contributed by atoms with E-state index in [1.807, 2.05) is 24.3 Å². The highest BCUT2D eigenvalue weighted by atomic mass is 32.1. The average molecular weight is 319 g/mol. The number of thiazole rings is 1. The highest BCUT2D eigenvalue weighted by Crippen LogP contribution is 2.26. The molecule has 0 saturated carbocycles. The Hall–Kier alpha value is -1.99. The van der Waals surface area contributed by atoms with Crippen molar-refractivity contribution in [2.24, 2.45) is 0 Å². The summed E-state index contributed by atoms with van der Waals surface area (Å²) in [5, 5.41) is 3.40. The molecule has 0 aliphatic carbocycles. The van der Waals surface area contributed by atoms with E-state index < -0.39 is 6.04 Å². The first kappa shape index (κ1) is 14.9. The Morgan fingerprint density at radius 3 is 3.05 bits per heavy atom. The number of hydrogen-bond acceptors (Lipinski definition) is 5. The van der Waals surface area contributed by atoms with Crippen LogP contribution in [0.25, 0.3) is 10.2 Å². The van der Waals surface area contributed by atoms with Crippen LogP contribution in [0.5, 0.6) is 0 Å². The Balaban J connectivity index is 1.71. The van der Waals surface area contributed by atoms with Gasteiger partial charge in [0.1, 0.15) is 12.6 Å². The molecule has 1 saturated heterocycles. The second-order valence-corrected chi connectivity index (χ2v) is 6.18. The zero-order chi connectivity index (χ0) is 15.5. The van der Waals surface area contributed by atoms with Crippen LogP contribution < -0.4 is 5.32 Å². The number of amides is 2. The molecule has 3 rings (SSSR count). The number of nitrogens with one attached hydrogen (secondary N) is 1. The van der Waals surface area contributed by atoms with Crippen LogP contribution in [0.4, 0.5) is 5.13 Å². The molecule has 22 heavy (non-hydrogen) atoms. The SMILES string of the molecule is COCC(=O)N1CCCC1C(=O)Nc1nc2ccccc2s1. The fraction of sp³-hybridized carbons (Fsp3) is 0.400. The summed E-state index contributed by atoms with van der Waals surface area (Å²) in [6.45, 7) is 0.602. The van der Waals surface area contributed by atoms with Gasteiger partial charge in [0.25, 0.3) is 0 Å². The number of para-hydroxylation sites is 1. The number of likely N-dealkylation sites (tertiary alicyclic amines) is 1. The Labute approximate surface area is 132 Å². The summed E-state index contributed by atoms with van der Waals surface area (Å²) in [4.78, 5) is 30.4. The Morgan fingerprint density at radius 1 is 1.45 bits per heavy atom. The Kier molecular flexibility index (Phi) is 4.35. The normalized spacial score (nSPS) is 17.9. The standard InChI is InChI=1S/C15H17N3O3S/c1-21-9-13(19)18-8-4-6-11(18)14(20)17-15-16-10-5-2-3-7-12(10)22-15/h2-3,5,7,11H,4,6,8-9H2,1H3,(H,16,17,20). The van der Waals surface area contributed by atoms with Crippen LogP contribution in [0.3, 0.4) is 0 Å². The van der Waals surface area contributed by atoms with E-state index in [1.54, 1.807) is 4.90 Å². The number of fused-ring (bicyclic) bond motifs is 1. The number of carbonyl (C=O) groups excluding carboxylic acids is 2. The first-order valence-electron chi connectivity index (χ1n) is 7.14. The van der Waals surface area contributed by atoms with E-state index in [4.69, 9.17) is 4.74 Å². The highest BCUT2D eigenvalue weighted by molar-refractivity contribution is 7.22. The van der Waals surface area contributed by atoms with E-state index >= 15 is 0 Å². The smallest absolute Gasteiger partial charge is 0.249 e. The molecule has 2 aromatic rings. The maximum atomic E-state index is 12.4. The largest absolute Gasteiger partial charge is 0.375 e. The quantitative estimate of drug-likeness (QED) is 0.934. The third-order valence-electron chi connectivity index (χ3n) is 3.67. The van der Waals surface area contributed by atoms with E-state index in [2.05, 4.69) is 10.3 Å². The van der Waals surface area contributed by atoms with Gasteiger partial charge in [-0.1, -0.05) is 23.5 Å². The number of benzene rings is 1. The van der Waals surface area contributed by atoms with Crippen LogP contribution in [0.15, 0.2) is 24.3 Å². The molecule has 2 amide bonds. The second-order valence-electron chi connectivity index (χ2n) is 5.15. The number of hydrogen-bond donors (Lipinski definition) is 1. The molecule has 1 aliphatic heterocycles. The van der Waals surface area contributed by atoms with Crippen molar-refractivity contribution in [3.05, 3.63) is 24.3 Å². The van der Waals surface area contributed by atoms with E-state index in [0.29, 0.717) is 18.1 Å².